The number of hydrazone groups is 1. The van der Waals surface area contributed by atoms with Crippen LogP contribution in [0.5, 0.6) is 0 Å². The first-order chi connectivity index (χ1) is 10.2. The number of nitrogens with one attached hydrogen (secondary N) is 2. The van der Waals surface area contributed by atoms with Gasteiger partial charge in [0, 0.05) is 9.79 Å². The van der Waals surface area contributed by atoms with E-state index in [1.54, 1.807) is 17.8 Å². The SMILES string of the molecule is N#C/C(=N\Nc1ccccc1Sc1ccccc1)C(=N)N. The highest BCUT2D eigenvalue weighted by Gasteiger charge is 2.05. The second-order valence-electron chi connectivity index (χ2n) is 4.01. The first kappa shape index (κ1) is 14.6. The second kappa shape index (κ2) is 7.12. The summed E-state index contributed by atoms with van der Waals surface area (Å²) in [6.07, 6.45) is 0. The molecular weight excluding hydrogens is 282 g/mol. The minimum absolute atomic E-state index is 0.144. The number of nitriles is 1. The fourth-order valence-corrected chi connectivity index (χ4v) is 2.44. The van der Waals surface area contributed by atoms with E-state index in [-0.39, 0.29) is 11.5 Å². The highest BCUT2D eigenvalue weighted by molar-refractivity contribution is 7.99. The third-order valence-electron chi connectivity index (χ3n) is 2.51. The molecule has 0 radical (unpaired) electrons. The number of hydrogen-bond acceptors (Lipinski definition) is 5. The number of nitrogens with zero attached hydrogens (tertiary/aromatic N) is 2. The van der Waals surface area contributed by atoms with Gasteiger partial charge in [0.1, 0.15) is 6.07 Å². The third kappa shape index (κ3) is 4.09. The van der Waals surface area contributed by atoms with Crippen molar-refractivity contribution < 1.29 is 0 Å². The highest BCUT2D eigenvalue weighted by atomic mass is 32.2. The van der Waals surface area contributed by atoms with Crippen molar-refractivity contribution >= 4 is 29.0 Å². The zero-order valence-electron chi connectivity index (χ0n) is 11.1. The van der Waals surface area contributed by atoms with Crippen LogP contribution in [-0.2, 0) is 0 Å². The molecule has 0 bridgehead atoms. The normalized spacial score (nSPS) is 10.7. The van der Waals surface area contributed by atoms with Gasteiger partial charge in [-0.1, -0.05) is 42.1 Å². The second-order valence-corrected chi connectivity index (χ2v) is 5.12. The molecule has 0 aromatic heterocycles. The quantitative estimate of drug-likeness (QED) is 0.448. The number of amidine groups is 1. The molecular formula is C15H13N5S. The fraction of sp³-hybridized carbons (Fsp3) is 0. The Morgan fingerprint density at radius 2 is 1.81 bits per heavy atom. The topological polar surface area (TPSA) is 98.0 Å². The van der Waals surface area contributed by atoms with Gasteiger partial charge in [-0.15, -0.1) is 0 Å². The number of rotatable bonds is 5. The minimum atomic E-state index is -0.363. The Balaban J connectivity index is 2.22. The predicted molar refractivity (Wildman–Crippen MR) is 85.6 cm³/mol. The molecule has 0 unspecified atom stereocenters. The van der Waals surface area contributed by atoms with Gasteiger partial charge in [0.15, 0.2) is 5.84 Å². The molecule has 0 amide bonds. The van der Waals surface area contributed by atoms with Crippen LogP contribution in [0.25, 0.3) is 0 Å². The summed E-state index contributed by atoms with van der Waals surface area (Å²) >= 11 is 1.58. The Kier molecular flexibility index (Phi) is 4.96. The lowest BCUT2D eigenvalue weighted by Crippen LogP contribution is -2.21. The van der Waals surface area contributed by atoms with Gasteiger partial charge in [-0.25, -0.2) is 0 Å². The van der Waals surface area contributed by atoms with Gasteiger partial charge in [-0.05, 0) is 24.3 Å². The summed E-state index contributed by atoms with van der Waals surface area (Å²) in [6, 6.07) is 19.3. The van der Waals surface area contributed by atoms with Crippen molar-refractivity contribution in [1.82, 2.24) is 0 Å². The summed E-state index contributed by atoms with van der Waals surface area (Å²) in [4.78, 5) is 2.07. The zero-order chi connectivity index (χ0) is 15.1. The lowest BCUT2D eigenvalue weighted by atomic mass is 10.3. The maximum Gasteiger partial charge on any atom is 0.201 e. The Morgan fingerprint density at radius 3 is 2.48 bits per heavy atom. The summed E-state index contributed by atoms with van der Waals surface area (Å²) in [7, 11) is 0. The fourth-order valence-electron chi connectivity index (χ4n) is 1.53. The van der Waals surface area contributed by atoms with Crippen LogP contribution >= 0.6 is 11.8 Å². The van der Waals surface area contributed by atoms with Crippen molar-refractivity contribution in [2.75, 3.05) is 5.43 Å². The number of anilines is 1. The van der Waals surface area contributed by atoms with Crippen molar-refractivity contribution in [3.8, 4) is 6.07 Å². The van der Waals surface area contributed by atoms with Crippen LogP contribution in [-0.4, -0.2) is 11.5 Å². The molecule has 0 aliphatic carbocycles. The molecule has 0 saturated heterocycles. The zero-order valence-corrected chi connectivity index (χ0v) is 11.9. The molecule has 4 N–H and O–H groups in total. The van der Waals surface area contributed by atoms with E-state index < -0.39 is 0 Å². The van der Waals surface area contributed by atoms with Crippen molar-refractivity contribution in [1.29, 1.82) is 10.7 Å². The monoisotopic (exact) mass is 295 g/mol. The summed E-state index contributed by atoms with van der Waals surface area (Å²) in [6.45, 7) is 0. The van der Waals surface area contributed by atoms with Crippen LogP contribution in [0.15, 0.2) is 69.5 Å². The van der Waals surface area contributed by atoms with Crippen LogP contribution in [0.2, 0.25) is 0 Å². The van der Waals surface area contributed by atoms with E-state index in [0.717, 1.165) is 15.5 Å². The van der Waals surface area contributed by atoms with Crippen LogP contribution < -0.4 is 11.2 Å². The first-order valence-electron chi connectivity index (χ1n) is 6.11. The summed E-state index contributed by atoms with van der Waals surface area (Å²) in [5.74, 6) is -0.363. The van der Waals surface area contributed by atoms with E-state index in [1.165, 1.54) is 0 Å². The molecule has 0 atom stereocenters. The van der Waals surface area contributed by atoms with Crippen molar-refractivity contribution in [3.05, 3.63) is 54.6 Å². The van der Waals surface area contributed by atoms with E-state index in [9.17, 15) is 0 Å². The maximum absolute atomic E-state index is 8.83. The Labute approximate surface area is 127 Å². The minimum Gasteiger partial charge on any atom is -0.382 e. The molecule has 0 aliphatic rings. The average Bonchev–Trinajstić information content (AvgIpc) is 2.50. The van der Waals surface area contributed by atoms with Gasteiger partial charge >= 0.3 is 0 Å². The molecule has 6 heteroatoms. The van der Waals surface area contributed by atoms with E-state index >= 15 is 0 Å². The van der Waals surface area contributed by atoms with E-state index in [4.69, 9.17) is 16.4 Å². The van der Waals surface area contributed by atoms with E-state index in [0.29, 0.717) is 0 Å². The smallest absolute Gasteiger partial charge is 0.201 e. The molecule has 5 nitrogen and oxygen atoms in total. The molecule has 104 valence electrons. The lowest BCUT2D eigenvalue weighted by molar-refractivity contribution is 1.28. The standard InChI is InChI=1S/C15H13N5S/c16-10-13(15(17)18)20-19-12-8-4-5-9-14(12)21-11-6-2-1-3-7-11/h1-9,19H,(H3,17,18)/b20-13+. The largest absolute Gasteiger partial charge is 0.382 e. The highest BCUT2D eigenvalue weighted by Crippen LogP contribution is 2.33. The molecule has 2 aromatic carbocycles. The first-order valence-corrected chi connectivity index (χ1v) is 6.92. The number of benzene rings is 2. The third-order valence-corrected chi connectivity index (χ3v) is 3.59. The van der Waals surface area contributed by atoms with Gasteiger partial charge in [-0.3, -0.25) is 10.8 Å². The van der Waals surface area contributed by atoms with Gasteiger partial charge in [0.05, 0.1) is 5.69 Å². The predicted octanol–water partition coefficient (Wildman–Crippen LogP) is 3.07. The van der Waals surface area contributed by atoms with Gasteiger partial charge in [0.25, 0.3) is 0 Å². The van der Waals surface area contributed by atoms with Crippen molar-refractivity contribution in [2.24, 2.45) is 10.8 Å². The van der Waals surface area contributed by atoms with Crippen molar-refractivity contribution in [3.63, 3.8) is 0 Å². The molecule has 2 rings (SSSR count). The molecule has 0 fully saturated rings. The Hall–Kier alpha value is -2.78. The summed E-state index contributed by atoms with van der Waals surface area (Å²) < 4.78 is 0. The summed E-state index contributed by atoms with van der Waals surface area (Å²) in [5.41, 5.74) is 8.65. The number of hydrogen-bond donors (Lipinski definition) is 3. The maximum atomic E-state index is 8.83. The lowest BCUT2D eigenvalue weighted by Gasteiger charge is -2.08. The Bertz CT molecular complexity index is 704. The average molecular weight is 295 g/mol. The van der Waals surface area contributed by atoms with Crippen LogP contribution in [0, 0.1) is 16.7 Å². The van der Waals surface area contributed by atoms with E-state index in [1.807, 2.05) is 54.6 Å². The molecule has 21 heavy (non-hydrogen) atoms. The van der Waals surface area contributed by atoms with Gasteiger partial charge in [-0.2, -0.15) is 10.4 Å². The van der Waals surface area contributed by atoms with Crippen LogP contribution in [0.4, 0.5) is 5.69 Å². The van der Waals surface area contributed by atoms with Crippen molar-refractivity contribution in [2.45, 2.75) is 9.79 Å². The van der Waals surface area contributed by atoms with Gasteiger partial charge < -0.3 is 5.73 Å². The number of para-hydroxylation sites is 1. The molecule has 2 aromatic rings. The van der Waals surface area contributed by atoms with Gasteiger partial charge in [0.2, 0.25) is 5.71 Å². The molecule has 0 saturated carbocycles. The van der Waals surface area contributed by atoms with E-state index in [2.05, 4.69) is 10.5 Å². The number of nitrogens with two attached hydrogens (primary N) is 1. The molecule has 0 heterocycles. The molecule has 0 spiro atoms. The Morgan fingerprint density at radius 1 is 1.14 bits per heavy atom. The van der Waals surface area contributed by atoms with Crippen LogP contribution in [0.1, 0.15) is 0 Å². The molecule has 0 aliphatic heterocycles. The van der Waals surface area contributed by atoms with Crippen LogP contribution in [0.3, 0.4) is 0 Å². The summed E-state index contributed by atoms with van der Waals surface area (Å²) in [5, 5.41) is 19.9.